The van der Waals surface area contributed by atoms with E-state index in [-0.39, 0.29) is 36.2 Å². The lowest BCUT2D eigenvalue weighted by Crippen LogP contribution is -2.56. The van der Waals surface area contributed by atoms with Crippen molar-refractivity contribution in [1.82, 2.24) is 24.7 Å². The average molecular weight is 600 g/mol. The summed E-state index contributed by atoms with van der Waals surface area (Å²) >= 11 is 0. The van der Waals surface area contributed by atoms with Crippen molar-refractivity contribution >= 4 is 12.0 Å². The third-order valence-electron chi connectivity index (χ3n) is 8.17. The minimum Gasteiger partial charge on any atom is -0.471 e. The molecule has 0 atom stereocenters. The molecule has 2 amide bonds. The highest BCUT2D eigenvalue weighted by Crippen LogP contribution is 2.34. The highest BCUT2D eigenvalue weighted by molar-refractivity contribution is 5.94. The van der Waals surface area contributed by atoms with Gasteiger partial charge in [0.15, 0.2) is 0 Å². The monoisotopic (exact) mass is 599 g/mol. The fourth-order valence-corrected chi connectivity index (χ4v) is 5.62. The van der Waals surface area contributed by atoms with E-state index in [0.717, 1.165) is 12.1 Å². The van der Waals surface area contributed by atoms with E-state index in [1.165, 1.54) is 12.4 Å². The summed E-state index contributed by atoms with van der Waals surface area (Å²) in [7, 11) is 0. The molecule has 0 unspecified atom stereocenters. The van der Waals surface area contributed by atoms with Crippen LogP contribution in [0, 0.1) is 34.3 Å². The molecule has 3 aromatic rings. The Morgan fingerprint density at radius 1 is 1.00 bits per heavy atom. The fourth-order valence-electron chi connectivity index (χ4n) is 5.62. The molecule has 0 radical (unpaired) electrons. The maximum absolute atomic E-state index is 14.4. The molecule has 0 N–H and O–H groups in total. The number of halogens is 2. The van der Waals surface area contributed by atoms with Crippen LogP contribution in [-0.2, 0) is 17.8 Å². The maximum atomic E-state index is 14.4. The summed E-state index contributed by atoms with van der Waals surface area (Å²) in [5, 5.41) is 17.8. The normalized spacial score (nSPS) is 18.0. The molecule has 0 saturated carbocycles. The molecule has 3 aliphatic rings. The van der Waals surface area contributed by atoms with Crippen LogP contribution in [0.4, 0.5) is 13.6 Å². The van der Waals surface area contributed by atoms with Crippen molar-refractivity contribution in [2.75, 3.05) is 32.7 Å². The van der Waals surface area contributed by atoms with Crippen LogP contribution < -0.4 is 4.74 Å². The van der Waals surface area contributed by atoms with Crippen LogP contribution >= 0.6 is 0 Å². The molecule has 13 heteroatoms. The number of likely N-dealkylation sites (tertiary alicyclic amines) is 2. The average Bonchev–Trinajstić information content (AvgIpc) is 3.31. The van der Waals surface area contributed by atoms with Gasteiger partial charge in [-0.1, -0.05) is 0 Å². The molecule has 3 saturated heterocycles. The van der Waals surface area contributed by atoms with E-state index >= 15 is 0 Å². The number of ether oxygens (including phenoxy) is 2. The summed E-state index contributed by atoms with van der Waals surface area (Å²) in [4.78, 5) is 39.2. The van der Waals surface area contributed by atoms with Crippen molar-refractivity contribution in [3.05, 3.63) is 88.4 Å². The van der Waals surface area contributed by atoms with Gasteiger partial charge in [-0.25, -0.2) is 18.6 Å². The summed E-state index contributed by atoms with van der Waals surface area (Å²) in [6.07, 6.45) is 3.31. The van der Waals surface area contributed by atoms with Gasteiger partial charge < -0.3 is 14.4 Å². The molecule has 1 aromatic carbocycles. The molecular weight excluding hydrogens is 572 g/mol. The second-order valence-corrected chi connectivity index (χ2v) is 11.2. The van der Waals surface area contributed by atoms with Gasteiger partial charge in [-0.2, -0.15) is 10.5 Å². The molecule has 6 rings (SSSR count). The number of rotatable bonds is 7. The zero-order chi connectivity index (χ0) is 30.8. The first-order valence-corrected chi connectivity index (χ1v) is 14.1. The number of piperidine rings is 1. The molecule has 3 fully saturated rings. The lowest BCUT2D eigenvalue weighted by atomic mass is 9.91. The van der Waals surface area contributed by atoms with Crippen LogP contribution in [-0.4, -0.2) is 81.1 Å². The lowest BCUT2D eigenvalue weighted by Gasteiger charge is -2.38. The van der Waals surface area contributed by atoms with Crippen molar-refractivity contribution in [1.29, 1.82) is 10.5 Å². The number of carbonyl (C=O) groups is 2. The van der Waals surface area contributed by atoms with Crippen molar-refractivity contribution < 1.29 is 27.8 Å². The molecule has 0 aliphatic carbocycles. The van der Waals surface area contributed by atoms with Crippen molar-refractivity contribution in [3.63, 3.8) is 0 Å². The highest BCUT2D eigenvalue weighted by atomic mass is 19.1. The van der Waals surface area contributed by atoms with Crippen molar-refractivity contribution in [3.8, 4) is 18.0 Å². The molecular formula is C31H27F2N7O4. The minimum atomic E-state index is -0.749. The third-order valence-corrected chi connectivity index (χ3v) is 8.17. The maximum Gasteiger partial charge on any atom is 0.410 e. The first-order valence-electron chi connectivity index (χ1n) is 14.1. The molecule has 11 nitrogen and oxygen atoms in total. The van der Waals surface area contributed by atoms with Crippen LogP contribution in [0.25, 0.3) is 0 Å². The number of pyridine rings is 2. The Morgan fingerprint density at radius 3 is 2.34 bits per heavy atom. The van der Waals surface area contributed by atoms with Crippen LogP contribution in [0.2, 0.25) is 0 Å². The van der Waals surface area contributed by atoms with Gasteiger partial charge in [-0.3, -0.25) is 19.6 Å². The quantitative estimate of drug-likeness (QED) is 0.400. The van der Waals surface area contributed by atoms with Gasteiger partial charge in [0, 0.05) is 56.5 Å². The predicted octanol–water partition coefficient (Wildman–Crippen LogP) is 3.39. The summed E-state index contributed by atoms with van der Waals surface area (Å²) in [6.45, 7) is 2.43. The number of aromatic nitrogens is 2. The molecule has 0 bridgehead atoms. The zero-order valence-corrected chi connectivity index (χ0v) is 23.6. The first-order chi connectivity index (χ1) is 21.2. The van der Waals surface area contributed by atoms with E-state index in [1.54, 1.807) is 40.1 Å². The summed E-state index contributed by atoms with van der Waals surface area (Å²) < 4.78 is 40.3. The molecule has 224 valence electrons. The standard InChI is InChI=1S/C31H27F2N7O4/c32-26-9-21(12-35)10-27(33)25(26)18-38-7-5-31(6-8-38)19-40(30(42)44-31)15-23-3-2-22(14-36-23)29(41)39-16-24(17-39)43-28-4-1-20(11-34)13-37-28/h1-4,9-10,13-14,24H,5-8,15-19H2. The van der Waals surface area contributed by atoms with Crippen molar-refractivity contribution in [2.24, 2.45) is 0 Å². The Bertz CT molecular complexity index is 1630. The number of benzene rings is 1. The number of amides is 2. The number of nitriles is 2. The topological polar surface area (TPSA) is 136 Å². The Balaban J connectivity index is 0.977. The molecule has 1 spiro atoms. The zero-order valence-electron chi connectivity index (χ0n) is 23.6. The lowest BCUT2D eigenvalue weighted by molar-refractivity contribution is -0.00165. The Morgan fingerprint density at radius 2 is 1.73 bits per heavy atom. The Kier molecular flexibility index (Phi) is 7.80. The predicted molar refractivity (Wildman–Crippen MR) is 149 cm³/mol. The molecule has 5 heterocycles. The highest BCUT2D eigenvalue weighted by Gasteiger charge is 2.47. The van der Waals surface area contributed by atoms with Gasteiger partial charge in [0.1, 0.15) is 29.4 Å². The van der Waals surface area contributed by atoms with E-state index in [4.69, 9.17) is 20.0 Å². The van der Waals surface area contributed by atoms with Gasteiger partial charge >= 0.3 is 6.09 Å². The first kappa shape index (κ1) is 29.0. The number of carbonyl (C=O) groups excluding carboxylic acids is 2. The van der Waals surface area contributed by atoms with Crippen LogP contribution in [0.3, 0.4) is 0 Å². The van der Waals surface area contributed by atoms with E-state index in [0.29, 0.717) is 68.3 Å². The number of nitrogens with zero attached hydrogens (tertiary/aromatic N) is 7. The molecule has 44 heavy (non-hydrogen) atoms. The largest absolute Gasteiger partial charge is 0.471 e. The molecule has 3 aliphatic heterocycles. The van der Waals surface area contributed by atoms with Crippen LogP contribution in [0.1, 0.15) is 45.6 Å². The minimum absolute atomic E-state index is 0.0611. The van der Waals surface area contributed by atoms with E-state index in [1.807, 2.05) is 11.0 Å². The molecule has 2 aromatic heterocycles. The number of hydrogen-bond acceptors (Lipinski definition) is 9. The SMILES string of the molecule is N#Cc1ccc(OC2CN(C(=O)c3ccc(CN4CC5(CCN(Cc6c(F)cc(C#N)cc6F)CC5)OC4=O)nc3)C2)nc1. The number of hydrogen-bond donors (Lipinski definition) is 0. The van der Waals surface area contributed by atoms with Crippen molar-refractivity contribution in [2.45, 2.75) is 37.6 Å². The van der Waals surface area contributed by atoms with Gasteiger partial charge in [-0.15, -0.1) is 0 Å². The summed E-state index contributed by atoms with van der Waals surface area (Å²) in [6, 6.07) is 12.4. The fraction of sp³-hybridized carbons (Fsp3) is 0.355. The van der Waals surface area contributed by atoms with Crippen LogP contribution in [0.15, 0.2) is 48.8 Å². The summed E-state index contributed by atoms with van der Waals surface area (Å²) in [5.74, 6) is -1.28. The summed E-state index contributed by atoms with van der Waals surface area (Å²) in [5.41, 5.74) is 0.637. The Labute approximate surface area is 251 Å². The van der Waals surface area contributed by atoms with E-state index < -0.39 is 23.3 Å². The van der Waals surface area contributed by atoms with E-state index in [2.05, 4.69) is 9.97 Å². The van der Waals surface area contributed by atoms with Gasteiger partial charge in [0.05, 0.1) is 54.6 Å². The second-order valence-electron chi connectivity index (χ2n) is 11.2. The third kappa shape index (κ3) is 6.00. The Hall–Kier alpha value is -5.14. The van der Waals surface area contributed by atoms with Gasteiger partial charge in [-0.05, 0) is 30.3 Å². The van der Waals surface area contributed by atoms with Gasteiger partial charge in [0.2, 0.25) is 5.88 Å². The van der Waals surface area contributed by atoms with Crippen LogP contribution in [0.5, 0.6) is 5.88 Å². The smallest absolute Gasteiger partial charge is 0.410 e. The van der Waals surface area contributed by atoms with Gasteiger partial charge in [0.25, 0.3) is 5.91 Å². The van der Waals surface area contributed by atoms with E-state index in [9.17, 15) is 18.4 Å². The second kappa shape index (κ2) is 11.9.